The number of hydrogen-bond donors (Lipinski definition) is 0. The van der Waals surface area contributed by atoms with E-state index in [1.54, 1.807) is 10.8 Å². The fraction of sp³-hybridized carbons (Fsp3) is 0.368. The van der Waals surface area contributed by atoms with Gasteiger partial charge in [0, 0.05) is 19.6 Å². The predicted octanol–water partition coefficient (Wildman–Crippen LogP) is 1.58. The first-order valence-electron chi connectivity index (χ1n) is 9.01. The van der Waals surface area contributed by atoms with Crippen LogP contribution in [0.25, 0.3) is 5.65 Å². The number of piperazine rings is 1. The molecule has 1 amide bonds. The summed E-state index contributed by atoms with van der Waals surface area (Å²) in [4.78, 5) is 16.7. The predicted molar refractivity (Wildman–Crippen MR) is 99.1 cm³/mol. The molecule has 4 rings (SSSR count). The molecule has 0 bridgehead atoms. The zero-order chi connectivity index (χ0) is 17.9. The number of fused-ring (bicyclic) bond motifs is 1. The van der Waals surface area contributed by atoms with Crippen molar-refractivity contribution in [3.63, 3.8) is 0 Å². The third-order valence-corrected chi connectivity index (χ3v) is 4.83. The molecule has 7 nitrogen and oxygen atoms in total. The number of carbonyl (C=O) groups is 1. The summed E-state index contributed by atoms with van der Waals surface area (Å²) >= 11 is 0. The van der Waals surface area contributed by atoms with Crippen molar-refractivity contribution in [1.82, 2.24) is 24.7 Å². The Hall–Kier alpha value is -2.96. The van der Waals surface area contributed by atoms with Crippen molar-refractivity contribution >= 4 is 17.2 Å². The fourth-order valence-corrected chi connectivity index (χ4v) is 3.33. The number of benzene rings is 1. The fourth-order valence-electron chi connectivity index (χ4n) is 3.33. The lowest BCUT2D eigenvalue weighted by Gasteiger charge is -2.35. The van der Waals surface area contributed by atoms with Crippen LogP contribution in [0.2, 0.25) is 0 Å². The summed E-state index contributed by atoms with van der Waals surface area (Å²) < 4.78 is 1.69. The van der Waals surface area contributed by atoms with Gasteiger partial charge < -0.3 is 9.80 Å². The van der Waals surface area contributed by atoms with Crippen LogP contribution in [0.5, 0.6) is 0 Å². The third-order valence-electron chi connectivity index (χ3n) is 4.83. The summed E-state index contributed by atoms with van der Waals surface area (Å²) in [5.41, 5.74) is 3.86. The molecule has 7 heteroatoms. The van der Waals surface area contributed by atoms with Crippen molar-refractivity contribution < 1.29 is 4.79 Å². The van der Waals surface area contributed by atoms with Crippen LogP contribution in [0, 0.1) is 0 Å². The van der Waals surface area contributed by atoms with Gasteiger partial charge >= 0.3 is 0 Å². The van der Waals surface area contributed by atoms with Crippen LogP contribution < -0.4 is 4.90 Å². The van der Waals surface area contributed by atoms with E-state index in [2.05, 4.69) is 39.3 Å². The van der Waals surface area contributed by atoms with E-state index in [0.717, 1.165) is 43.9 Å². The summed E-state index contributed by atoms with van der Waals surface area (Å²) in [6, 6.07) is 12.3. The van der Waals surface area contributed by atoms with Gasteiger partial charge in [-0.2, -0.15) is 9.61 Å². The lowest BCUT2D eigenvalue weighted by Crippen LogP contribution is -2.51. The Balaban J connectivity index is 1.47. The number of carbonyl (C=O) groups excluding carboxylic acids is 1. The first-order valence-corrected chi connectivity index (χ1v) is 9.01. The first kappa shape index (κ1) is 16.5. The summed E-state index contributed by atoms with van der Waals surface area (Å²) in [5, 5.41) is 12.6. The van der Waals surface area contributed by atoms with Crippen molar-refractivity contribution in [3.05, 3.63) is 54.0 Å². The molecule has 1 saturated heterocycles. The highest BCUT2D eigenvalue weighted by molar-refractivity contribution is 5.84. The number of aryl methyl sites for hydroxylation is 1. The second-order valence-corrected chi connectivity index (χ2v) is 6.51. The van der Waals surface area contributed by atoms with Crippen molar-refractivity contribution in [1.29, 1.82) is 0 Å². The summed E-state index contributed by atoms with van der Waals surface area (Å²) in [5.74, 6) is 0.153. The summed E-state index contributed by atoms with van der Waals surface area (Å²) in [6.07, 6.45) is 3.32. The third kappa shape index (κ3) is 3.24. The van der Waals surface area contributed by atoms with E-state index in [9.17, 15) is 4.79 Å². The second-order valence-electron chi connectivity index (χ2n) is 6.51. The number of aromatic nitrogens is 4. The molecule has 0 spiro atoms. The molecule has 0 saturated carbocycles. The Bertz CT molecular complexity index is 907. The zero-order valence-corrected chi connectivity index (χ0v) is 14.9. The minimum Gasteiger partial charge on any atom is -0.357 e. The molecule has 1 aliphatic heterocycles. The minimum absolute atomic E-state index is 0.153. The van der Waals surface area contributed by atoms with Crippen LogP contribution in [0.15, 0.2) is 42.7 Å². The highest BCUT2D eigenvalue weighted by Gasteiger charge is 2.26. The van der Waals surface area contributed by atoms with E-state index in [-0.39, 0.29) is 5.91 Å². The topological polar surface area (TPSA) is 66.6 Å². The van der Waals surface area contributed by atoms with E-state index in [1.807, 2.05) is 29.2 Å². The molecule has 26 heavy (non-hydrogen) atoms. The van der Waals surface area contributed by atoms with Crippen LogP contribution in [0.1, 0.15) is 18.2 Å². The number of anilines is 1. The average molecular weight is 350 g/mol. The molecule has 0 aliphatic carbocycles. The van der Waals surface area contributed by atoms with Crippen LogP contribution >= 0.6 is 0 Å². The lowest BCUT2D eigenvalue weighted by atomic mass is 10.1. The maximum Gasteiger partial charge on any atom is 0.242 e. The summed E-state index contributed by atoms with van der Waals surface area (Å²) in [6.45, 7) is 4.69. The Labute approximate surface area is 152 Å². The van der Waals surface area contributed by atoms with Gasteiger partial charge in [-0.15, -0.1) is 10.2 Å². The maximum atomic E-state index is 12.7. The standard InChI is InChI=1S/C19H22N6O/c1-2-16-12-17(19-21-20-14-25(19)22-16)24-11-10-23(18(26)13-24)9-8-15-6-4-3-5-7-15/h3-7,12,14H,2,8-11,13H2,1H3. The van der Waals surface area contributed by atoms with Gasteiger partial charge in [0.2, 0.25) is 11.6 Å². The minimum atomic E-state index is 0.153. The molecule has 0 atom stereocenters. The highest BCUT2D eigenvalue weighted by Crippen LogP contribution is 2.22. The molecule has 0 N–H and O–H groups in total. The molecule has 0 unspecified atom stereocenters. The van der Waals surface area contributed by atoms with E-state index in [0.29, 0.717) is 12.2 Å². The van der Waals surface area contributed by atoms with Crippen LogP contribution in [-0.2, 0) is 17.6 Å². The van der Waals surface area contributed by atoms with E-state index < -0.39 is 0 Å². The molecular formula is C19H22N6O. The van der Waals surface area contributed by atoms with Gasteiger partial charge in [-0.05, 0) is 24.5 Å². The number of rotatable bonds is 5. The second kappa shape index (κ2) is 7.11. The van der Waals surface area contributed by atoms with Crippen LogP contribution in [0.3, 0.4) is 0 Å². The molecule has 3 aromatic rings. The number of hydrogen-bond acceptors (Lipinski definition) is 5. The van der Waals surface area contributed by atoms with Crippen molar-refractivity contribution in [3.8, 4) is 0 Å². The Morgan fingerprint density at radius 2 is 2.00 bits per heavy atom. The Kier molecular flexibility index (Phi) is 4.51. The van der Waals surface area contributed by atoms with Gasteiger partial charge in [-0.1, -0.05) is 37.3 Å². The lowest BCUT2D eigenvalue weighted by molar-refractivity contribution is -0.130. The van der Waals surface area contributed by atoms with Crippen molar-refractivity contribution in [2.45, 2.75) is 19.8 Å². The zero-order valence-electron chi connectivity index (χ0n) is 14.9. The van der Waals surface area contributed by atoms with Gasteiger partial charge in [-0.3, -0.25) is 4.79 Å². The van der Waals surface area contributed by atoms with Crippen LogP contribution in [0.4, 0.5) is 5.69 Å². The van der Waals surface area contributed by atoms with Gasteiger partial charge in [0.25, 0.3) is 0 Å². The molecule has 3 heterocycles. The van der Waals surface area contributed by atoms with Gasteiger partial charge in [0.1, 0.15) is 6.33 Å². The monoisotopic (exact) mass is 350 g/mol. The largest absolute Gasteiger partial charge is 0.357 e. The molecule has 0 radical (unpaired) electrons. The van der Waals surface area contributed by atoms with Crippen LogP contribution in [-0.4, -0.2) is 56.8 Å². The number of nitrogens with zero attached hydrogens (tertiary/aromatic N) is 6. The Morgan fingerprint density at radius 1 is 1.15 bits per heavy atom. The molecule has 1 aromatic carbocycles. The SMILES string of the molecule is CCc1cc(N2CCN(CCc3ccccc3)C(=O)C2)c2nncn2n1. The van der Waals surface area contributed by atoms with Gasteiger partial charge in [0.15, 0.2) is 0 Å². The average Bonchev–Trinajstić information content (AvgIpc) is 3.15. The maximum absolute atomic E-state index is 12.7. The van der Waals surface area contributed by atoms with Gasteiger partial charge in [0.05, 0.1) is 17.9 Å². The van der Waals surface area contributed by atoms with Crippen molar-refractivity contribution in [2.75, 3.05) is 31.1 Å². The van der Waals surface area contributed by atoms with Crippen molar-refractivity contribution in [2.24, 2.45) is 0 Å². The van der Waals surface area contributed by atoms with Gasteiger partial charge in [-0.25, -0.2) is 0 Å². The van der Waals surface area contributed by atoms with E-state index >= 15 is 0 Å². The molecule has 1 fully saturated rings. The van der Waals surface area contributed by atoms with E-state index in [1.165, 1.54) is 5.56 Å². The first-order chi connectivity index (χ1) is 12.7. The molecule has 1 aliphatic rings. The summed E-state index contributed by atoms with van der Waals surface area (Å²) in [7, 11) is 0. The molecule has 134 valence electrons. The molecule has 2 aromatic heterocycles. The smallest absolute Gasteiger partial charge is 0.242 e. The normalized spacial score (nSPS) is 15.0. The number of amides is 1. The highest BCUT2D eigenvalue weighted by atomic mass is 16.2. The van der Waals surface area contributed by atoms with E-state index in [4.69, 9.17) is 0 Å². The molecular weight excluding hydrogens is 328 g/mol. The quantitative estimate of drug-likeness (QED) is 0.699. The Morgan fingerprint density at radius 3 is 2.77 bits per heavy atom.